The molecule has 1 N–H and O–H groups in total. The second-order valence-electron chi connectivity index (χ2n) is 8.17. The van der Waals surface area contributed by atoms with Crippen LogP contribution in [0.3, 0.4) is 0 Å². The fraction of sp³-hybridized carbons (Fsp3) is 0.840. The molecule has 0 rings (SSSR count). The van der Waals surface area contributed by atoms with Gasteiger partial charge in [0.15, 0.2) is 0 Å². The zero-order chi connectivity index (χ0) is 21.6. The molecule has 1 atom stereocenters. The van der Waals surface area contributed by atoms with Gasteiger partial charge in [0.1, 0.15) is 6.10 Å². The first-order chi connectivity index (χ1) is 14.1. The van der Waals surface area contributed by atoms with Gasteiger partial charge in [-0.05, 0) is 57.8 Å². The second-order valence-corrected chi connectivity index (χ2v) is 8.17. The highest BCUT2D eigenvalue weighted by Gasteiger charge is 2.14. The van der Waals surface area contributed by atoms with Crippen molar-refractivity contribution in [2.75, 3.05) is 0 Å². The van der Waals surface area contributed by atoms with Crippen molar-refractivity contribution in [1.82, 2.24) is 0 Å². The lowest BCUT2D eigenvalue weighted by atomic mass is 10.0. The van der Waals surface area contributed by atoms with Crippen LogP contribution < -0.4 is 0 Å². The highest BCUT2D eigenvalue weighted by atomic mass is 16.5. The van der Waals surface area contributed by atoms with Gasteiger partial charge in [0.05, 0.1) is 0 Å². The number of aliphatic carboxylic acids is 1. The van der Waals surface area contributed by atoms with E-state index in [2.05, 4.69) is 26.0 Å². The Balaban J connectivity index is 3.86. The van der Waals surface area contributed by atoms with E-state index < -0.39 is 5.97 Å². The van der Waals surface area contributed by atoms with Crippen molar-refractivity contribution in [2.24, 2.45) is 0 Å². The molecule has 0 radical (unpaired) electrons. The summed E-state index contributed by atoms with van der Waals surface area (Å²) in [7, 11) is 0. The number of carboxylic acids is 1. The summed E-state index contributed by atoms with van der Waals surface area (Å²) in [5.41, 5.74) is 0. The van der Waals surface area contributed by atoms with Crippen molar-refractivity contribution < 1.29 is 19.4 Å². The summed E-state index contributed by atoms with van der Waals surface area (Å²) in [5.74, 6) is -0.789. The summed E-state index contributed by atoms with van der Waals surface area (Å²) in [5, 5.41) is 8.71. The lowest BCUT2D eigenvalue weighted by Crippen LogP contribution is -2.18. The van der Waals surface area contributed by atoms with Gasteiger partial charge in [0.25, 0.3) is 0 Å². The van der Waals surface area contributed by atoms with Gasteiger partial charge < -0.3 is 9.84 Å². The van der Waals surface area contributed by atoms with Crippen molar-refractivity contribution >= 4 is 11.9 Å². The van der Waals surface area contributed by atoms with Crippen LogP contribution in [0.15, 0.2) is 12.2 Å². The number of hydrogen-bond donors (Lipinski definition) is 1. The third kappa shape index (κ3) is 21.2. The monoisotopic (exact) mass is 410 g/mol. The molecule has 0 saturated carbocycles. The van der Waals surface area contributed by atoms with E-state index in [1.165, 1.54) is 44.9 Å². The molecular formula is C25H46O4. The molecule has 0 aromatic heterocycles. The molecule has 0 amide bonds. The zero-order valence-corrected chi connectivity index (χ0v) is 19.1. The summed E-state index contributed by atoms with van der Waals surface area (Å²) < 4.78 is 5.74. The largest absolute Gasteiger partial charge is 0.481 e. The van der Waals surface area contributed by atoms with E-state index in [1.807, 2.05) is 0 Å². The highest BCUT2D eigenvalue weighted by Crippen LogP contribution is 2.17. The summed E-state index contributed by atoms with van der Waals surface area (Å²) in [6, 6.07) is 0. The summed E-state index contributed by atoms with van der Waals surface area (Å²) in [4.78, 5) is 22.8. The summed E-state index contributed by atoms with van der Waals surface area (Å²) in [6.45, 7) is 4.37. The fourth-order valence-electron chi connectivity index (χ4n) is 3.42. The molecule has 0 aliphatic rings. The van der Waals surface area contributed by atoms with Gasteiger partial charge in [-0.3, -0.25) is 9.59 Å². The van der Waals surface area contributed by atoms with E-state index in [4.69, 9.17) is 9.84 Å². The molecule has 0 saturated heterocycles. The smallest absolute Gasteiger partial charge is 0.306 e. The van der Waals surface area contributed by atoms with Gasteiger partial charge >= 0.3 is 11.9 Å². The van der Waals surface area contributed by atoms with Crippen molar-refractivity contribution in [2.45, 2.75) is 136 Å². The van der Waals surface area contributed by atoms with E-state index in [-0.39, 0.29) is 18.5 Å². The number of hydrogen-bond acceptors (Lipinski definition) is 3. The van der Waals surface area contributed by atoms with Crippen LogP contribution in [0.2, 0.25) is 0 Å². The molecule has 4 nitrogen and oxygen atoms in total. The third-order valence-corrected chi connectivity index (χ3v) is 5.22. The molecule has 0 aromatic carbocycles. The van der Waals surface area contributed by atoms with Gasteiger partial charge in [-0.15, -0.1) is 0 Å². The number of allylic oxidation sites excluding steroid dienone is 2. The fourth-order valence-corrected chi connectivity index (χ4v) is 3.42. The van der Waals surface area contributed by atoms with E-state index in [1.54, 1.807) is 0 Å². The van der Waals surface area contributed by atoms with Crippen LogP contribution in [-0.4, -0.2) is 23.1 Å². The van der Waals surface area contributed by atoms with Crippen LogP contribution in [-0.2, 0) is 14.3 Å². The van der Waals surface area contributed by atoms with Gasteiger partial charge in [-0.25, -0.2) is 0 Å². The lowest BCUT2D eigenvalue weighted by Gasteiger charge is -2.18. The minimum absolute atomic E-state index is 0.00814. The first kappa shape index (κ1) is 27.7. The molecular weight excluding hydrogens is 364 g/mol. The van der Waals surface area contributed by atoms with Crippen molar-refractivity contribution in [3.8, 4) is 0 Å². The van der Waals surface area contributed by atoms with Crippen molar-refractivity contribution in [3.05, 3.63) is 12.2 Å². The SMILES string of the molecule is CCC/C=C\CCCCCCCC(=O)OC(CCCCC)CCCCCC(=O)O. The van der Waals surface area contributed by atoms with Crippen LogP contribution in [0.25, 0.3) is 0 Å². The highest BCUT2D eigenvalue weighted by molar-refractivity contribution is 5.69. The van der Waals surface area contributed by atoms with Gasteiger partial charge in [0, 0.05) is 12.8 Å². The maximum absolute atomic E-state index is 12.2. The predicted molar refractivity (Wildman–Crippen MR) is 121 cm³/mol. The standard InChI is InChI=1S/C25H46O4/c1-3-5-7-8-9-10-11-12-13-18-22-25(28)29-23(19-15-6-4-2)20-16-14-17-21-24(26)27/h7-8,23H,3-6,9-22H2,1-2H3,(H,26,27)/b8-7-. The Morgan fingerprint density at radius 1 is 0.724 bits per heavy atom. The van der Waals surface area contributed by atoms with Crippen molar-refractivity contribution in [1.29, 1.82) is 0 Å². The number of carboxylic acid groups (broad SMARTS) is 1. The average molecular weight is 411 g/mol. The Hall–Kier alpha value is -1.32. The number of ether oxygens (including phenoxy) is 1. The van der Waals surface area contributed by atoms with E-state index >= 15 is 0 Å². The maximum Gasteiger partial charge on any atom is 0.306 e. The Labute approximate surface area is 179 Å². The minimum Gasteiger partial charge on any atom is -0.481 e. The molecule has 170 valence electrons. The van der Waals surface area contributed by atoms with Gasteiger partial charge in [0.2, 0.25) is 0 Å². The van der Waals surface area contributed by atoms with Crippen LogP contribution in [0.4, 0.5) is 0 Å². The Morgan fingerprint density at radius 3 is 2.00 bits per heavy atom. The number of unbranched alkanes of at least 4 members (excludes halogenated alkanes) is 10. The lowest BCUT2D eigenvalue weighted by molar-refractivity contribution is -0.150. The van der Waals surface area contributed by atoms with E-state index in [0.717, 1.165) is 51.4 Å². The molecule has 0 aromatic rings. The predicted octanol–water partition coefficient (Wildman–Crippen LogP) is 7.60. The molecule has 0 spiro atoms. The molecule has 0 fully saturated rings. The Bertz CT molecular complexity index is 417. The summed E-state index contributed by atoms with van der Waals surface area (Å²) >= 11 is 0. The van der Waals surface area contributed by atoms with Crippen LogP contribution >= 0.6 is 0 Å². The molecule has 29 heavy (non-hydrogen) atoms. The Kier molecular flexibility index (Phi) is 20.4. The van der Waals surface area contributed by atoms with Crippen LogP contribution in [0.1, 0.15) is 129 Å². The molecule has 0 bridgehead atoms. The minimum atomic E-state index is -0.733. The molecule has 4 heteroatoms. The number of carbonyl (C=O) groups is 2. The first-order valence-corrected chi connectivity index (χ1v) is 12.2. The zero-order valence-electron chi connectivity index (χ0n) is 19.1. The first-order valence-electron chi connectivity index (χ1n) is 12.2. The Morgan fingerprint density at radius 2 is 1.31 bits per heavy atom. The molecule has 0 aliphatic carbocycles. The molecule has 0 heterocycles. The van der Waals surface area contributed by atoms with E-state index in [0.29, 0.717) is 12.8 Å². The number of esters is 1. The van der Waals surface area contributed by atoms with Gasteiger partial charge in [-0.1, -0.05) is 70.9 Å². The second kappa shape index (κ2) is 21.4. The maximum atomic E-state index is 12.2. The number of rotatable bonds is 21. The quantitative estimate of drug-likeness (QED) is 0.120. The normalized spacial score (nSPS) is 12.3. The van der Waals surface area contributed by atoms with Crippen molar-refractivity contribution in [3.63, 3.8) is 0 Å². The van der Waals surface area contributed by atoms with E-state index in [9.17, 15) is 9.59 Å². The van der Waals surface area contributed by atoms with Crippen LogP contribution in [0, 0.1) is 0 Å². The topological polar surface area (TPSA) is 63.6 Å². The number of carbonyl (C=O) groups excluding carboxylic acids is 1. The average Bonchev–Trinajstić information content (AvgIpc) is 2.68. The molecule has 0 aliphatic heterocycles. The van der Waals surface area contributed by atoms with Gasteiger partial charge in [-0.2, -0.15) is 0 Å². The summed E-state index contributed by atoms with van der Waals surface area (Å²) in [6.07, 6.45) is 22.4. The van der Waals surface area contributed by atoms with Crippen LogP contribution in [0.5, 0.6) is 0 Å². The third-order valence-electron chi connectivity index (χ3n) is 5.22. The molecule has 1 unspecified atom stereocenters.